The monoisotopic (exact) mass is 455 g/mol. The molecule has 2 N–H and O–H groups in total. The van der Waals surface area contributed by atoms with E-state index in [1.165, 1.54) is 48.5 Å². The summed E-state index contributed by atoms with van der Waals surface area (Å²) in [4.78, 5) is 22.3. The summed E-state index contributed by atoms with van der Waals surface area (Å²) in [6, 6.07) is 16.7. The fourth-order valence-corrected chi connectivity index (χ4v) is 3.93. The molecule has 0 aliphatic carbocycles. The molecule has 0 atom stereocenters. The summed E-state index contributed by atoms with van der Waals surface area (Å²) in [5.41, 5.74) is 2.36. The van der Waals surface area contributed by atoms with E-state index >= 15 is 0 Å². The second kappa shape index (κ2) is 9.48. The predicted molar refractivity (Wildman–Crippen MR) is 120 cm³/mol. The van der Waals surface area contributed by atoms with Gasteiger partial charge >= 0.3 is 0 Å². The van der Waals surface area contributed by atoms with E-state index in [2.05, 4.69) is 10.0 Å². The number of carbonyl (C=O) groups excluding carboxylic acids is 1. The van der Waals surface area contributed by atoms with Gasteiger partial charge in [0.2, 0.25) is 0 Å². The zero-order valence-electron chi connectivity index (χ0n) is 17.4. The van der Waals surface area contributed by atoms with Crippen molar-refractivity contribution in [1.29, 1.82) is 0 Å². The lowest BCUT2D eigenvalue weighted by Gasteiger charge is -2.12. The van der Waals surface area contributed by atoms with Crippen LogP contribution >= 0.6 is 0 Å². The molecule has 0 fully saturated rings. The molecule has 0 bridgehead atoms. The Kier molecular flexibility index (Phi) is 6.74. The zero-order chi connectivity index (χ0) is 23.3. The van der Waals surface area contributed by atoms with Crippen molar-refractivity contribution >= 4 is 33.0 Å². The third-order valence-electron chi connectivity index (χ3n) is 4.48. The highest BCUT2D eigenvalue weighted by molar-refractivity contribution is 7.92. The van der Waals surface area contributed by atoms with Crippen LogP contribution in [0.25, 0.3) is 0 Å². The standard InChI is InChI=1S/C22H21N3O6S/c1-15-6-7-16(2)21(12-15)24-32(29,30)20-10-8-19(9-11-20)31-14-22(26)23-17-4-3-5-18(13-17)25(27)28/h3-13,24H,14H2,1-2H3,(H,23,26). The van der Waals surface area contributed by atoms with Crippen molar-refractivity contribution in [3.05, 3.63) is 88.0 Å². The molecule has 0 heterocycles. The molecule has 3 aromatic carbocycles. The molecule has 3 aromatic rings. The quantitative estimate of drug-likeness (QED) is 0.390. The number of anilines is 2. The van der Waals surface area contributed by atoms with Crippen molar-refractivity contribution in [1.82, 2.24) is 0 Å². The molecular formula is C22H21N3O6S. The summed E-state index contributed by atoms with van der Waals surface area (Å²) in [5.74, 6) is -0.219. The van der Waals surface area contributed by atoms with Gasteiger partial charge in [0.25, 0.3) is 21.6 Å². The molecule has 0 aliphatic heterocycles. The van der Waals surface area contributed by atoms with Crippen molar-refractivity contribution in [2.24, 2.45) is 0 Å². The molecule has 0 unspecified atom stereocenters. The van der Waals surface area contributed by atoms with Gasteiger partial charge in [-0.1, -0.05) is 18.2 Å². The second-order valence-electron chi connectivity index (χ2n) is 7.04. The number of sulfonamides is 1. The van der Waals surface area contributed by atoms with Crippen LogP contribution in [0.1, 0.15) is 11.1 Å². The number of benzene rings is 3. The average Bonchev–Trinajstić information content (AvgIpc) is 2.75. The molecule has 1 amide bonds. The molecular weight excluding hydrogens is 434 g/mol. The Morgan fingerprint density at radius 3 is 2.44 bits per heavy atom. The van der Waals surface area contributed by atoms with Crippen molar-refractivity contribution in [2.75, 3.05) is 16.6 Å². The summed E-state index contributed by atoms with van der Waals surface area (Å²) in [5, 5.41) is 13.3. The third kappa shape index (κ3) is 5.82. The van der Waals surface area contributed by atoms with Crippen molar-refractivity contribution in [3.63, 3.8) is 0 Å². The zero-order valence-corrected chi connectivity index (χ0v) is 18.2. The summed E-state index contributed by atoms with van der Waals surface area (Å²) in [6.07, 6.45) is 0. The van der Waals surface area contributed by atoms with Gasteiger partial charge in [-0.15, -0.1) is 0 Å². The highest BCUT2D eigenvalue weighted by Gasteiger charge is 2.16. The lowest BCUT2D eigenvalue weighted by molar-refractivity contribution is -0.384. The number of nitro groups is 1. The predicted octanol–water partition coefficient (Wildman–Crippen LogP) is 4.03. The number of rotatable bonds is 8. The van der Waals surface area contributed by atoms with E-state index in [0.29, 0.717) is 11.4 Å². The number of nitrogens with zero attached hydrogens (tertiary/aromatic N) is 1. The van der Waals surface area contributed by atoms with E-state index in [0.717, 1.165) is 11.1 Å². The Bertz CT molecular complexity index is 1260. The van der Waals surface area contributed by atoms with E-state index in [-0.39, 0.29) is 22.9 Å². The molecule has 32 heavy (non-hydrogen) atoms. The highest BCUT2D eigenvalue weighted by Crippen LogP contribution is 2.23. The van der Waals surface area contributed by atoms with Crippen LogP contribution in [0.3, 0.4) is 0 Å². The molecule has 0 saturated carbocycles. The van der Waals surface area contributed by atoms with Gasteiger partial charge in [-0.05, 0) is 61.4 Å². The largest absolute Gasteiger partial charge is 0.484 e. The average molecular weight is 455 g/mol. The van der Waals surface area contributed by atoms with Gasteiger partial charge in [0, 0.05) is 17.8 Å². The Morgan fingerprint density at radius 2 is 1.75 bits per heavy atom. The number of carbonyl (C=O) groups is 1. The first-order valence-electron chi connectivity index (χ1n) is 9.51. The van der Waals surface area contributed by atoms with Gasteiger partial charge in [0.15, 0.2) is 6.61 Å². The molecule has 0 radical (unpaired) electrons. The summed E-state index contributed by atoms with van der Waals surface area (Å²) in [7, 11) is -3.79. The molecule has 3 rings (SSSR count). The fourth-order valence-electron chi connectivity index (χ4n) is 2.81. The first kappa shape index (κ1) is 22.8. The second-order valence-corrected chi connectivity index (χ2v) is 8.72. The van der Waals surface area contributed by atoms with Crippen LogP contribution in [0.15, 0.2) is 71.6 Å². The summed E-state index contributed by atoms with van der Waals surface area (Å²) >= 11 is 0. The molecule has 10 heteroatoms. The summed E-state index contributed by atoms with van der Waals surface area (Å²) in [6.45, 7) is 3.33. The third-order valence-corrected chi connectivity index (χ3v) is 5.86. The smallest absolute Gasteiger partial charge is 0.271 e. The Balaban J connectivity index is 1.60. The van der Waals surface area contributed by atoms with E-state index < -0.39 is 20.9 Å². The Morgan fingerprint density at radius 1 is 1.03 bits per heavy atom. The van der Waals surface area contributed by atoms with Crippen LogP contribution in [0.4, 0.5) is 17.1 Å². The van der Waals surface area contributed by atoms with Gasteiger partial charge in [-0.25, -0.2) is 8.42 Å². The first-order valence-corrected chi connectivity index (χ1v) is 11.0. The minimum Gasteiger partial charge on any atom is -0.484 e. The number of hydrogen-bond acceptors (Lipinski definition) is 6. The van der Waals surface area contributed by atoms with Gasteiger partial charge in [0.05, 0.1) is 15.5 Å². The van der Waals surface area contributed by atoms with Crippen molar-refractivity contribution in [3.8, 4) is 5.75 Å². The van der Waals surface area contributed by atoms with E-state index in [4.69, 9.17) is 4.74 Å². The van der Waals surface area contributed by atoms with Crippen LogP contribution in [-0.4, -0.2) is 25.9 Å². The molecule has 9 nitrogen and oxygen atoms in total. The van der Waals surface area contributed by atoms with Crippen LogP contribution in [0, 0.1) is 24.0 Å². The van der Waals surface area contributed by atoms with Crippen LogP contribution in [0.5, 0.6) is 5.75 Å². The minimum atomic E-state index is -3.79. The van der Waals surface area contributed by atoms with E-state index in [9.17, 15) is 23.3 Å². The number of ether oxygens (including phenoxy) is 1. The number of hydrogen-bond donors (Lipinski definition) is 2. The normalized spacial score (nSPS) is 10.9. The van der Waals surface area contributed by atoms with Crippen LogP contribution < -0.4 is 14.8 Å². The molecule has 0 aromatic heterocycles. The maximum Gasteiger partial charge on any atom is 0.271 e. The first-order chi connectivity index (χ1) is 15.1. The topological polar surface area (TPSA) is 128 Å². The van der Waals surface area contributed by atoms with Gasteiger partial charge in [-0.2, -0.15) is 0 Å². The van der Waals surface area contributed by atoms with Gasteiger partial charge in [0.1, 0.15) is 5.75 Å². The number of amides is 1. The Labute approximate surface area is 185 Å². The molecule has 166 valence electrons. The maximum absolute atomic E-state index is 12.7. The fraction of sp³-hybridized carbons (Fsp3) is 0.136. The molecule has 0 saturated heterocycles. The van der Waals surface area contributed by atoms with Gasteiger partial charge < -0.3 is 10.1 Å². The molecule has 0 aliphatic rings. The highest BCUT2D eigenvalue weighted by atomic mass is 32.2. The maximum atomic E-state index is 12.7. The Hall–Kier alpha value is -3.92. The van der Waals surface area contributed by atoms with Crippen molar-refractivity contribution < 1.29 is 22.9 Å². The number of nitrogens with one attached hydrogen (secondary N) is 2. The van der Waals surface area contributed by atoms with Crippen LogP contribution in [-0.2, 0) is 14.8 Å². The number of aryl methyl sites for hydroxylation is 2. The van der Waals surface area contributed by atoms with E-state index in [1.807, 2.05) is 26.0 Å². The molecule has 0 spiro atoms. The SMILES string of the molecule is Cc1ccc(C)c(NS(=O)(=O)c2ccc(OCC(=O)Nc3cccc([N+](=O)[O-])c3)cc2)c1. The minimum absolute atomic E-state index is 0.0480. The summed E-state index contributed by atoms with van der Waals surface area (Å²) < 4.78 is 33.3. The lowest BCUT2D eigenvalue weighted by Crippen LogP contribution is -2.20. The van der Waals surface area contributed by atoms with Crippen molar-refractivity contribution in [2.45, 2.75) is 18.7 Å². The lowest BCUT2D eigenvalue weighted by atomic mass is 10.1. The number of non-ortho nitro benzene ring substituents is 1. The van der Waals surface area contributed by atoms with Gasteiger partial charge in [-0.3, -0.25) is 19.6 Å². The number of nitro benzene ring substituents is 1. The van der Waals surface area contributed by atoms with E-state index in [1.54, 1.807) is 6.07 Å². The van der Waals surface area contributed by atoms with Crippen LogP contribution in [0.2, 0.25) is 0 Å².